The van der Waals surface area contributed by atoms with Gasteiger partial charge in [-0.3, -0.25) is 0 Å². The molecule has 1 unspecified atom stereocenters. The van der Waals surface area contributed by atoms with Crippen molar-refractivity contribution in [2.24, 2.45) is 0 Å². The lowest BCUT2D eigenvalue weighted by Gasteiger charge is -2.19. The van der Waals surface area contributed by atoms with Crippen LogP contribution in [0, 0.1) is 0 Å². The van der Waals surface area contributed by atoms with Crippen molar-refractivity contribution < 1.29 is 13.2 Å². The van der Waals surface area contributed by atoms with Crippen LogP contribution >= 0.6 is 0 Å². The molecule has 4 heteroatoms. The Labute approximate surface area is 118 Å². The zero-order valence-corrected chi connectivity index (χ0v) is 12.1. The highest BCUT2D eigenvalue weighted by Gasteiger charge is 2.29. The monoisotopic (exact) mass is 285 g/mol. The Morgan fingerprint density at radius 2 is 1.85 bits per heavy atom. The molecular formula is C16H22F3N. The molecule has 0 aliphatic rings. The van der Waals surface area contributed by atoms with E-state index in [0.29, 0.717) is 6.42 Å². The lowest BCUT2D eigenvalue weighted by Crippen LogP contribution is -2.32. The molecule has 0 aliphatic carbocycles. The molecule has 0 saturated heterocycles. The van der Waals surface area contributed by atoms with Crippen molar-refractivity contribution in [1.82, 2.24) is 5.32 Å². The minimum atomic E-state index is -4.27. The fraction of sp³-hybridized carbons (Fsp3) is 0.500. The first-order chi connectivity index (χ1) is 9.32. The zero-order valence-electron chi connectivity index (χ0n) is 12.1. The first-order valence-corrected chi connectivity index (χ1v) is 6.86. The van der Waals surface area contributed by atoms with Gasteiger partial charge in [-0.25, -0.2) is 0 Å². The normalized spacial score (nSPS) is 13.2. The number of rotatable bonds is 7. The fourth-order valence-corrected chi connectivity index (χ4v) is 2.10. The molecule has 1 rings (SSSR count). The van der Waals surface area contributed by atoms with E-state index in [1.165, 1.54) is 0 Å². The summed E-state index contributed by atoms with van der Waals surface area (Å²) in [6.45, 7) is 8.86. The standard InChI is InChI=1S/C16H22F3N/c1-4-9-20-15(10-12(2)3)11-13-5-7-14(8-6-13)16(17,18)19/h5-8,15,20H,2,4,9-11H2,1,3H3. The van der Waals surface area contributed by atoms with E-state index < -0.39 is 11.7 Å². The van der Waals surface area contributed by atoms with E-state index in [9.17, 15) is 13.2 Å². The van der Waals surface area contributed by atoms with Crippen molar-refractivity contribution in [3.05, 3.63) is 47.5 Å². The number of hydrogen-bond donors (Lipinski definition) is 1. The van der Waals surface area contributed by atoms with Gasteiger partial charge in [-0.05, 0) is 50.4 Å². The van der Waals surface area contributed by atoms with Crippen LogP contribution in [0.3, 0.4) is 0 Å². The summed E-state index contributed by atoms with van der Waals surface area (Å²) in [5.41, 5.74) is 1.39. The Morgan fingerprint density at radius 3 is 2.30 bits per heavy atom. The van der Waals surface area contributed by atoms with Gasteiger partial charge in [-0.2, -0.15) is 13.2 Å². The Balaban J connectivity index is 2.70. The molecule has 112 valence electrons. The van der Waals surface area contributed by atoms with Crippen molar-refractivity contribution in [2.75, 3.05) is 6.54 Å². The number of hydrogen-bond acceptors (Lipinski definition) is 1. The predicted octanol–water partition coefficient (Wildman–Crippen LogP) is 4.58. The maximum atomic E-state index is 12.5. The number of benzene rings is 1. The summed E-state index contributed by atoms with van der Waals surface area (Å²) in [6, 6.07) is 5.63. The Hall–Kier alpha value is -1.29. The van der Waals surface area contributed by atoms with Crippen LogP contribution in [0.1, 0.15) is 37.8 Å². The van der Waals surface area contributed by atoms with Crippen molar-refractivity contribution in [2.45, 2.75) is 45.3 Å². The average Bonchev–Trinajstić information content (AvgIpc) is 2.35. The molecule has 0 aromatic heterocycles. The van der Waals surface area contributed by atoms with Crippen LogP contribution in [0.25, 0.3) is 0 Å². The molecule has 0 aliphatic heterocycles. The average molecular weight is 285 g/mol. The summed E-state index contributed by atoms with van der Waals surface area (Å²) in [7, 11) is 0. The van der Waals surface area contributed by atoms with Gasteiger partial charge >= 0.3 is 6.18 Å². The van der Waals surface area contributed by atoms with E-state index in [0.717, 1.165) is 42.7 Å². The molecule has 0 fully saturated rings. The Kier molecular flexibility index (Phi) is 6.27. The number of nitrogens with one attached hydrogen (secondary N) is 1. The highest BCUT2D eigenvalue weighted by Crippen LogP contribution is 2.29. The van der Waals surface area contributed by atoms with Gasteiger partial charge in [-0.15, -0.1) is 6.58 Å². The molecule has 0 radical (unpaired) electrons. The van der Waals surface area contributed by atoms with Crippen LogP contribution in [0.2, 0.25) is 0 Å². The van der Waals surface area contributed by atoms with Gasteiger partial charge in [0.2, 0.25) is 0 Å². The maximum absolute atomic E-state index is 12.5. The first kappa shape index (κ1) is 16.8. The smallest absolute Gasteiger partial charge is 0.313 e. The summed E-state index contributed by atoms with van der Waals surface area (Å²) in [5.74, 6) is 0. The summed E-state index contributed by atoms with van der Waals surface area (Å²) in [5, 5.41) is 3.41. The number of alkyl halides is 3. The van der Waals surface area contributed by atoms with Crippen LogP contribution in [0.15, 0.2) is 36.4 Å². The van der Waals surface area contributed by atoms with Crippen LogP contribution in [-0.4, -0.2) is 12.6 Å². The molecule has 1 atom stereocenters. The second-order valence-corrected chi connectivity index (χ2v) is 5.21. The van der Waals surface area contributed by atoms with Gasteiger partial charge in [0, 0.05) is 6.04 Å². The summed E-state index contributed by atoms with van der Waals surface area (Å²) in [6.07, 6.45) is -1.69. The van der Waals surface area contributed by atoms with E-state index in [1.54, 1.807) is 12.1 Å². The topological polar surface area (TPSA) is 12.0 Å². The van der Waals surface area contributed by atoms with Gasteiger partial charge in [-0.1, -0.05) is 24.6 Å². The van der Waals surface area contributed by atoms with Crippen molar-refractivity contribution in [3.63, 3.8) is 0 Å². The minimum Gasteiger partial charge on any atom is -0.313 e. The first-order valence-electron chi connectivity index (χ1n) is 6.86. The predicted molar refractivity (Wildman–Crippen MR) is 76.7 cm³/mol. The van der Waals surface area contributed by atoms with Crippen LogP contribution in [-0.2, 0) is 12.6 Å². The van der Waals surface area contributed by atoms with Gasteiger partial charge in [0.05, 0.1) is 5.56 Å². The van der Waals surface area contributed by atoms with Crippen LogP contribution in [0.5, 0.6) is 0 Å². The molecule has 1 N–H and O–H groups in total. The lowest BCUT2D eigenvalue weighted by atomic mass is 9.99. The molecule has 0 saturated carbocycles. The summed E-state index contributed by atoms with van der Waals surface area (Å²) < 4.78 is 37.5. The molecule has 1 aromatic rings. The quantitative estimate of drug-likeness (QED) is 0.723. The second kappa shape index (κ2) is 7.48. The van der Waals surface area contributed by atoms with Crippen LogP contribution < -0.4 is 5.32 Å². The van der Waals surface area contributed by atoms with E-state index in [-0.39, 0.29) is 6.04 Å². The van der Waals surface area contributed by atoms with Crippen molar-refractivity contribution in [1.29, 1.82) is 0 Å². The third kappa shape index (κ3) is 5.78. The molecule has 0 amide bonds. The summed E-state index contributed by atoms with van der Waals surface area (Å²) >= 11 is 0. The zero-order chi connectivity index (χ0) is 15.2. The highest BCUT2D eigenvalue weighted by atomic mass is 19.4. The van der Waals surface area contributed by atoms with Crippen LogP contribution in [0.4, 0.5) is 13.2 Å². The highest BCUT2D eigenvalue weighted by molar-refractivity contribution is 5.25. The Morgan fingerprint density at radius 1 is 1.25 bits per heavy atom. The third-order valence-electron chi connectivity index (χ3n) is 3.04. The van der Waals surface area contributed by atoms with Gasteiger partial charge in [0.25, 0.3) is 0 Å². The second-order valence-electron chi connectivity index (χ2n) is 5.21. The van der Waals surface area contributed by atoms with Gasteiger partial charge in [0.15, 0.2) is 0 Å². The van der Waals surface area contributed by atoms with Gasteiger partial charge in [0.1, 0.15) is 0 Å². The maximum Gasteiger partial charge on any atom is 0.416 e. The molecule has 20 heavy (non-hydrogen) atoms. The summed E-state index contributed by atoms with van der Waals surface area (Å²) in [4.78, 5) is 0. The molecule has 1 nitrogen and oxygen atoms in total. The van der Waals surface area contributed by atoms with E-state index >= 15 is 0 Å². The number of halogens is 3. The van der Waals surface area contributed by atoms with Crippen molar-refractivity contribution >= 4 is 0 Å². The van der Waals surface area contributed by atoms with Gasteiger partial charge < -0.3 is 5.32 Å². The van der Waals surface area contributed by atoms with E-state index in [2.05, 4.69) is 18.8 Å². The fourth-order valence-electron chi connectivity index (χ4n) is 2.10. The SMILES string of the molecule is C=C(C)CC(Cc1ccc(C(F)(F)F)cc1)NCCC. The lowest BCUT2D eigenvalue weighted by molar-refractivity contribution is -0.137. The third-order valence-corrected chi connectivity index (χ3v) is 3.04. The molecule has 0 heterocycles. The minimum absolute atomic E-state index is 0.226. The molecule has 0 bridgehead atoms. The Bertz CT molecular complexity index is 420. The molecule has 0 spiro atoms. The molecule has 1 aromatic carbocycles. The van der Waals surface area contributed by atoms with Crippen molar-refractivity contribution in [3.8, 4) is 0 Å². The molecular weight excluding hydrogens is 263 g/mol. The van der Waals surface area contributed by atoms with E-state index in [4.69, 9.17) is 0 Å². The van der Waals surface area contributed by atoms with E-state index in [1.807, 2.05) is 6.92 Å². The largest absolute Gasteiger partial charge is 0.416 e.